The van der Waals surface area contributed by atoms with Crippen LogP contribution < -0.4 is 4.74 Å². The fourth-order valence-electron chi connectivity index (χ4n) is 2.77. The first-order valence-corrected chi connectivity index (χ1v) is 8.85. The lowest BCUT2D eigenvalue weighted by Gasteiger charge is -2.06. The van der Waals surface area contributed by atoms with Gasteiger partial charge in [0.05, 0.1) is 5.56 Å². The highest BCUT2D eigenvalue weighted by Crippen LogP contribution is 2.22. The Labute approximate surface area is 169 Å². The quantitative estimate of drug-likeness (QED) is 0.364. The number of aliphatic imine (C=N–C) groups is 1. The highest BCUT2D eigenvalue weighted by Gasteiger charge is 2.24. The summed E-state index contributed by atoms with van der Waals surface area (Å²) in [4.78, 5) is 28.4. The van der Waals surface area contributed by atoms with Crippen LogP contribution in [0.3, 0.4) is 0 Å². The van der Waals surface area contributed by atoms with Crippen LogP contribution in [-0.4, -0.2) is 17.8 Å². The number of rotatable bonds is 4. The van der Waals surface area contributed by atoms with Crippen LogP contribution in [0.15, 0.2) is 83.5 Å². The van der Waals surface area contributed by atoms with E-state index in [-0.39, 0.29) is 22.9 Å². The fourth-order valence-corrected chi connectivity index (χ4v) is 2.77. The maximum atomic E-state index is 13.7. The minimum Gasteiger partial charge on any atom is -0.423 e. The Morgan fingerprint density at radius 1 is 0.967 bits per heavy atom. The van der Waals surface area contributed by atoms with Crippen molar-refractivity contribution in [2.45, 2.75) is 0 Å². The van der Waals surface area contributed by atoms with Gasteiger partial charge in [-0.25, -0.2) is 23.4 Å². The van der Waals surface area contributed by atoms with Crippen molar-refractivity contribution in [3.63, 3.8) is 0 Å². The summed E-state index contributed by atoms with van der Waals surface area (Å²) in [6.07, 6.45) is 1.44. The van der Waals surface area contributed by atoms with Gasteiger partial charge in [0.25, 0.3) is 0 Å². The van der Waals surface area contributed by atoms with Gasteiger partial charge < -0.3 is 9.47 Å². The first kappa shape index (κ1) is 19.2. The van der Waals surface area contributed by atoms with E-state index in [2.05, 4.69) is 4.99 Å². The molecule has 30 heavy (non-hydrogen) atoms. The van der Waals surface area contributed by atoms with Crippen LogP contribution in [0.25, 0.3) is 6.08 Å². The van der Waals surface area contributed by atoms with Gasteiger partial charge in [0.1, 0.15) is 17.4 Å². The summed E-state index contributed by atoms with van der Waals surface area (Å²) in [5.74, 6) is -2.54. The van der Waals surface area contributed by atoms with Gasteiger partial charge in [-0.05, 0) is 54.1 Å². The van der Waals surface area contributed by atoms with E-state index in [0.29, 0.717) is 11.1 Å². The molecule has 7 heteroatoms. The zero-order valence-corrected chi connectivity index (χ0v) is 15.3. The third kappa shape index (κ3) is 4.15. The number of halogens is 2. The second-order valence-corrected chi connectivity index (χ2v) is 6.29. The molecule has 4 rings (SSSR count). The van der Waals surface area contributed by atoms with E-state index in [1.807, 2.05) is 0 Å². The molecule has 1 aliphatic rings. The number of cyclic esters (lactones) is 1. The summed E-state index contributed by atoms with van der Waals surface area (Å²) in [6.45, 7) is 0. The third-order valence-corrected chi connectivity index (χ3v) is 4.16. The molecule has 1 heterocycles. The Balaban J connectivity index is 1.57. The Hall–Kier alpha value is -4.13. The molecule has 0 spiro atoms. The topological polar surface area (TPSA) is 65.0 Å². The van der Waals surface area contributed by atoms with E-state index in [9.17, 15) is 18.4 Å². The number of carbonyl (C=O) groups is 2. The number of nitrogens with zero attached hydrogens (tertiary/aromatic N) is 1. The largest absolute Gasteiger partial charge is 0.423 e. The average Bonchev–Trinajstić information content (AvgIpc) is 3.09. The lowest BCUT2D eigenvalue weighted by molar-refractivity contribution is -0.129. The molecule has 3 aromatic rings. The van der Waals surface area contributed by atoms with Gasteiger partial charge >= 0.3 is 11.9 Å². The van der Waals surface area contributed by atoms with Crippen LogP contribution in [-0.2, 0) is 9.53 Å². The van der Waals surface area contributed by atoms with Crippen LogP contribution in [0.2, 0.25) is 0 Å². The number of carbonyl (C=O) groups excluding carboxylic acids is 2. The maximum Gasteiger partial charge on any atom is 0.363 e. The van der Waals surface area contributed by atoms with Gasteiger partial charge in [-0.3, -0.25) is 0 Å². The molecular weight excluding hydrogens is 392 g/mol. The molecule has 5 nitrogen and oxygen atoms in total. The zero-order chi connectivity index (χ0) is 21.1. The van der Waals surface area contributed by atoms with Crippen molar-refractivity contribution in [2.24, 2.45) is 4.99 Å². The lowest BCUT2D eigenvalue weighted by atomic mass is 10.2. The van der Waals surface area contributed by atoms with Gasteiger partial charge in [-0.2, -0.15) is 0 Å². The predicted molar refractivity (Wildman–Crippen MR) is 105 cm³/mol. The monoisotopic (exact) mass is 405 g/mol. The highest BCUT2D eigenvalue weighted by molar-refractivity contribution is 6.12. The molecule has 1 aliphatic heterocycles. The van der Waals surface area contributed by atoms with E-state index in [4.69, 9.17) is 9.47 Å². The molecule has 0 aliphatic carbocycles. The van der Waals surface area contributed by atoms with Crippen molar-refractivity contribution in [1.82, 2.24) is 0 Å². The smallest absolute Gasteiger partial charge is 0.363 e. The highest BCUT2D eigenvalue weighted by atomic mass is 19.1. The fraction of sp³-hybridized carbons (Fsp3) is 0. The predicted octanol–water partition coefficient (Wildman–Crippen LogP) is 4.53. The lowest BCUT2D eigenvalue weighted by Crippen LogP contribution is -2.10. The molecule has 0 amide bonds. The Bertz CT molecular complexity index is 1220. The van der Waals surface area contributed by atoms with Gasteiger partial charge in [-0.1, -0.05) is 30.3 Å². The van der Waals surface area contributed by atoms with E-state index >= 15 is 0 Å². The van der Waals surface area contributed by atoms with E-state index in [0.717, 1.165) is 6.07 Å². The average molecular weight is 405 g/mol. The van der Waals surface area contributed by atoms with Crippen LogP contribution >= 0.6 is 0 Å². The number of hydrogen-bond acceptors (Lipinski definition) is 5. The minimum atomic E-state index is -0.843. The Morgan fingerprint density at radius 3 is 2.57 bits per heavy atom. The molecule has 0 bridgehead atoms. The van der Waals surface area contributed by atoms with Crippen molar-refractivity contribution in [1.29, 1.82) is 0 Å². The zero-order valence-electron chi connectivity index (χ0n) is 15.3. The molecule has 3 aromatic carbocycles. The van der Waals surface area contributed by atoms with Gasteiger partial charge in [0.2, 0.25) is 5.90 Å². The van der Waals surface area contributed by atoms with Crippen LogP contribution in [0, 0.1) is 11.6 Å². The molecule has 0 aromatic heterocycles. The van der Waals surface area contributed by atoms with Crippen LogP contribution in [0.4, 0.5) is 8.78 Å². The SMILES string of the molecule is O=C1OC(c2cccc(F)c2)=N/C1=C/c1cccc(OC(=O)c2ccccc2F)c1. The first-order chi connectivity index (χ1) is 14.5. The van der Waals surface area contributed by atoms with Crippen molar-refractivity contribution in [3.05, 3.63) is 107 Å². The molecule has 0 atom stereocenters. The standard InChI is InChI=1S/C23H13F2NO4/c24-16-7-4-6-15(13-16)21-26-20(23(28)30-21)12-14-5-3-8-17(11-14)29-22(27)18-9-1-2-10-19(18)25/h1-13H/b20-12+. The molecular formula is C23H13F2NO4. The molecule has 148 valence electrons. The third-order valence-electron chi connectivity index (χ3n) is 4.16. The summed E-state index contributed by atoms with van der Waals surface area (Å²) in [6, 6.07) is 17.3. The molecule has 0 radical (unpaired) electrons. The molecule has 0 N–H and O–H groups in total. The normalized spacial score (nSPS) is 14.4. The Morgan fingerprint density at radius 2 is 1.77 bits per heavy atom. The number of benzene rings is 3. The summed E-state index contributed by atoms with van der Waals surface area (Å²) < 4.78 is 37.4. The van der Waals surface area contributed by atoms with Gasteiger partial charge in [0, 0.05) is 5.56 Å². The second-order valence-electron chi connectivity index (χ2n) is 6.29. The van der Waals surface area contributed by atoms with Crippen molar-refractivity contribution < 1.29 is 27.8 Å². The summed E-state index contributed by atoms with van der Waals surface area (Å²) in [5.41, 5.74) is 0.654. The molecule has 0 fully saturated rings. The van der Waals surface area contributed by atoms with Crippen molar-refractivity contribution in [2.75, 3.05) is 0 Å². The van der Waals surface area contributed by atoms with Crippen LogP contribution in [0.5, 0.6) is 5.75 Å². The number of hydrogen-bond donors (Lipinski definition) is 0. The number of ether oxygens (including phenoxy) is 2. The van der Waals surface area contributed by atoms with Crippen LogP contribution in [0.1, 0.15) is 21.5 Å². The second kappa shape index (κ2) is 8.08. The summed E-state index contributed by atoms with van der Waals surface area (Å²) in [5, 5.41) is 0. The first-order valence-electron chi connectivity index (χ1n) is 8.85. The van der Waals surface area contributed by atoms with Crippen molar-refractivity contribution >= 4 is 23.9 Å². The van der Waals surface area contributed by atoms with Crippen molar-refractivity contribution in [3.8, 4) is 5.75 Å². The van der Waals surface area contributed by atoms with E-state index < -0.39 is 23.6 Å². The number of esters is 2. The van der Waals surface area contributed by atoms with E-state index in [1.54, 1.807) is 18.2 Å². The summed E-state index contributed by atoms with van der Waals surface area (Å²) in [7, 11) is 0. The summed E-state index contributed by atoms with van der Waals surface area (Å²) >= 11 is 0. The minimum absolute atomic E-state index is 0.00633. The van der Waals surface area contributed by atoms with Gasteiger partial charge in [0.15, 0.2) is 5.70 Å². The maximum absolute atomic E-state index is 13.7. The molecule has 0 saturated heterocycles. The van der Waals surface area contributed by atoms with E-state index in [1.165, 1.54) is 54.6 Å². The van der Waals surface area contributed by atoms with Gasteiger partial charge in [-0.15, -0.1) is 0 Å². The Kier molecular flexibility index (Phi) is 5.17. The molecule has 0 saturated carbocycles. The molecule has 0 unspecified atom stereocenters.